The minimum Gasteiger partial charge on any atom is -0.461 e. The van der Waals surface area contributed by atoms with Crippen LogP contribution in [0.2, 0.25) is 5.02 Å². The zero-order chi connectivity index (χ0) is 23.5. The van der Waals surface area contributed by atoms with Gasteiger partial charge in [-0.25, -0.2) is 0 Å². The largest absolute Gasteiger partial charge is 0.461 e. The van der Waals surface area contributed by atoms with Crippen molar-refractivity contribution in [1.29, 1.82) is 0 Å². The number of nitrogens with zero attached hydrogens (tertiary/aromatic N) is 2. The maximum Gasteiger partial charge on any atom is 0.311 e. The molecule has 1 N–H and O–H groups in total. The number of ether oxygens (including phenoxy) is 1. The van der Waals surface area contributed by atoms with E-state index < -0.39 is 34.6 Å². The number of cyclic esters (lactones) is 1. The number of rotatable bonds is 3. The number of benzene rings is 1. The molecule has 4 heterocycles. The van der Waals surface area contributed by atoms with E-state index in [1.165, 1.54) is 16.7 Å². The number of amides is 2. The molecule has 0 aromatic heterocycles. The smallest absolute Gasteiger partial charge is 0.311 e. The summed E-state index contributed by atoms with van der Waals surface area (Å²) in [5, 5.41) is 10.1. The maximum atomic E-state index is 14.2. The highest BCUT2D eigenvalue weighted by Gasteiger charge is 2.71. The summed E-state index contributed by atoms with van der Waals surface area (Å²) in [5.74, 6) is -2.44. The number of aliphatic hydroxyl groups is 1. The Balaban J connectivity index is 1.67. The average molecular weight is 489 g/mol. The van der Waals surface area contributed by atoms with Gasteiger partial charge in [0.25, 0.3) is 5.91 Å². The Morgan fingerprint density at radius 1 is 1.27 bits per heavy atom. The molecule has 7 nitrogen and oxygen atoms in total. The van der Waals surface area contributed by atoms with Gasteiger partial charge in [-0.1, -0.05) is 48.0 Å². The van der Waals surface area contributed by atoms with Gasteiger partial charge in [0.1, 0.15) is 12.6 Å². The van der Waals surface area contributed by atoms with Gasteiger partial charge in [-0.05, 0) is 25.5 Å². The number of aryl methyl sites for hydroxylation is 1. The number of halogens is 1. The van der Waals surface area contributed by atoms with Gasteiger partial charge >= 0.3 is 5.97 Å². The number of fused-ring (bicyclic) bond motifs is 2. The first-order chi connectivity index (χ1) is 15.8. The van der Waals surface area contributed by atoms with Crippen LogP contribution < -0.4 is 4.90 Å². The van der Waals surface area contributed by atoms with Crippen molar-refractivity contribution in [3.63, 3.8) is 0 Å². The number of hydrogen-bond acceptors (Lipinski definition) is 6. The Morgan fingerprint density at radius 3 is 2.79 bits per heavy atom. The van der Waals surface area contributed by atoms with Gasteiger partial charge in [0.05, 0.1) is 39.9 Å². The quantitative estimate of drug-likeness (QED) is 0.519. The fourth-order valence-electron chi connectivity index (χ4n) is 5.64. The number of anilines is 1. The van der Waals surface area contributed by atoms with Gasteiger partial charge in [0.2, 0.25) is 5.91 Å². The number of thioether (sulfide) groups is 1. The van der Waals surface area contributed by atoms with E-state index in [1.54, 1.807) is 24.0 Å². The van der Waals surface area contributed by atoms with Gasteiger partial charge in [-0.15, -0.1) is 11.8 Å². The third kappa shape index (κ3) is 3.18. The molecular weight excluding hydrogens is 464 g/mol. The van der Waals surface area contributed by atoms with Crippen molar-refractivity contribution in [2.75, 3.05) is 24.7 Å². The molecule has 0 radical (unpaired) electrons. The molecule has 9 heteroatoms. The van der Waals surface area contributed by atoms with Crippen LogP contribution in [0.15, 0.2) is 42.5 Å². The molecule has 1 aromatic carbocycles. The van der Waals surface area contributed by atoms with Gasteiger partial charge in [-0.3, -0.25) is 14.4 Å². The minimum atomic E-state index is -0.947. The zero-order valence-electron chi connectivity index (χ0n) is 18.3. The summed E-state index contributed by atoms with van der Waals surface area (Å²) in [6.07, 6.45) is 7.52. The predicted molar refractivity (Wildman–Crippen MR) is 126 cm³/mol. The summed E-state index contributed by atoms with van der Waals surface area (Å²) in [5.41, 5.74) is 1.45. The van der Waals surface area contributed by atoms with Crippen molar-refractivity contribution in [3.8, 4) is 0 Å². The number of carbonyl (C=O) groups excluding carboxylic acids is 3. The third-order valence-corrected chi connectivity index (χ3v) is 9.10. The molecule has 6 atom stereocenters. The molecule has 4 aliphatic rings. The van der Waals surface area contributed by atoms with Gasteiger partial charge in [-0.2, -0.15) is 0 Å². The first kappa shape index (κ1) is 22.5. The molecule has 174 valence electrons. The number of para-hydroxylation sites is 1. The number of aliphatic hydroxyl groups excluding tert-OH is 1. The van der Waals surface area contributed by atoms with E-state index in [4.69, 9.17) is 16.3 Å². The Morgan fingerprint density at radius 2 is 2.06 bits per heavy atom. The van der Waals surface area contributed by atoms with E-state index in [2.05, 4.69) is 0 Å². The SMILES string of the molecule is Cc1cccc(Cl)c1N1CC=C[C@]23S[C@@H]4C=CCOC(=O)[C@@H]4[C@H]2C(=O)N([C@H](C)CO)C3C1=O. The summed E-state index contributed by atoms with van der Waals surface area (Å²) in [6, 6.07) is 3.98. The molecule has 0 saturated carbocycles. The lowest BCUT2D eigenvalue weighted by molar-refractivity contribution is -0.152. The second-order valence-corrected chi connectivity index (χ2v) is 10.8. The topological polar surface area (TPSA) is 87.2 Å². The molecule has 4 aliphatic heterocycles. The standard InChI is InChI=1S/C24H25ClN2O5S/c1-13-6-3-7-15(25)19(13)26-10-5-9-24-18(17-16(33-24)8-4-11-32-23(17)31)21(29)27(14(2)12-28)20(24)22(26)30/h3-9,14,16-18,20,28H,10-12H2,1-2H3/t14-,16-,17+,18+,20?,24+/m1/s1. The van der Waals surface area contributed by atoms with E-state index in [9.17, 15) is 19.5 Å². The minimum absolute atomic E-state index is 0.175. The lowest BCUT2D eigenvalue weighted by Gasteiger charge is -2.37. The molecule has 2 fully saturated rings. The third-order valence-electron chi connectivity index (χ3n) is 7.05. The molecule has 1 aromatic rings. The van der Waals surface area contributed by atoms with Crippen LogP contribution in [0.1, 0.15) is 12.5 Å². The van der Waals surface area contributed by atoms with Gasteiger partial charge in [0.15, 0.2) is 0 Å². The Bertz CT molecular complexity index is 1070. The molecule has 2 amide bonds. The summed E-state index contributed by atoms with van der Waals surface area (Å²) < 4.78 is 4.41. The van der Waals surface area contributed by atoms with E-state index >= 15 is 0 Å². The van der Waals surface area contributed by atoms with Crippen molar-refractivity contribution in [1.82, 2.24) is 4.90 Å². The number of likely N-dealkylation sites (tertiary alicyclic amines) is 1. The summed E-state index contributed by atoms with van der Waals surface area (Å²) in [7, 11) is 0. The summed E-state index contributed by atoms with van der Waals surface area (Å²) in [6.45, 7) is 3.77. The molecule has 5 rings (SSSR count). The normalized spacial score (nSPS) is 33.9. The summed E-state index contributed by atoms with van der Waals surface area (Å²) >= 11 is 7.98. The molecule has 0 bridgehead atoms. The van der Waals surface area contributed by atoms with Crippen molar-refractivity contribution >= 4 is 46.8 Å². The first-order valence-corrected chi connectivity index (χ1v) is 12.3. The monoisotopic (exact) mass is 488 g/mol. The van der Waals surface area contributed by atoms with E-state index in [1.807, 2.05) is 37.3 Å². The zero-order valence-corrected chi connectivity index (χ0v) is 19.9. The van der Waals surface area contributed by atoms with Crippen molar-refractivity contribution in [2.45, 2.75) is 35.9 Å². The molecule has 33 heavy (non-hydrogen) atoms. The number of carbonyl (C=O) groups is 3. The van der Waals surface area contributed by atoms with Gasteiger partial charge < -0.3 is 19.6 Å². The molecular formula is C24H25ClN2O5S. The fraction of sp³-hybridized carbons (Fsp3) is 0.458. The summed E-state index contributed by atoms with van der Waals surface area (Å²) in [4.78, 5) is 44.0. The van der Waals surface area contributed by atoms with E-state index in [0.29, 0.717) is 17.3 Å². The van der Waals surface area contributed by atoms with Crippen molar-refractivity contribution in [3.05, 3.63) is 53.1 Å². The number of esters is 1. The van der Waals surface area contributed by atoms with Crippen LogP contribution in [-0.4, -0.2) is 69.6 Å². The highest BCUT2D eigenvalue weighted by Crippen LogP contribution is 2.61. The number of hydrogen-bond donors (Lipinski definition) is 1. The van der Waals surface area contributed by atoms with Crippen LogP contribution in [0, 0.1) is 18.8 Å². The second-order valence-electron chi connectivity index (χ2n) is 8.93. The maximum absolute atomic E-state index is 14.2. The van der Waals surface area contributed by atoms with Crippen LogP contribution in [-0.2, 0) is 19.1 Å². The molecule has 1 spiro atoms. The highest BCUT2D eigenvalue weighted by atomic mass is 35.5. The Labute approximate surface area is 201 Å². The predicted octanol–water partition coefficient (Wildman–Crippen LogP) is 2.34. The lowest BCUT2D eigenvalue weighted by Crippen LogP contribution is -2.56. The molecule has 0 aliphatic carbocycles. The highest BCUT2D eigenvalue weighted by molar-refractivity contribution is 8.02. The van der Waals surface area contributed by atoms with E-state index in [-0.39, 0.29) is 30.3 Å². The first-order valence-electron chi connectivity index (χ1n) is 11.0. The molecule has 2 saturated heterocycles. The van der Waals surface area contributed by atoms with Crippen LogP contribution >= 0.6 is 23.4 Å². The Hall–Kier alpha value is -2.29. The second kappa shape index (κ2) is 8.18. The van der Waals surface area contributed by atoms with Crippen LogP contribution in [0.5, 0.6) is 0 Å². The van der Waals surface area contributed by atoms with Gasteiger partial charge in [0, 0.05) is 11.8 Å². The molecule has 1 unspecified atom stereocenters. The van der Waals surface area contributed by atoms with Crippen molar-refractivity contribution in [2.24, 2.45) is 11.8 Å². The fourth-order valence-corrected chi connectivity index (χ4v) is 7.95. The van der Waals surface area contributed by atoms with Crippen LogP contribution in [0.4, 0.5) is 5.69 Å². The van der Waals surface area contributed by atoms with Crippen molar-refractivity contribution < 1.29 is 24.2 Å². The Kier molecular flexibility index (Phi) is 5.58. The van der Waals surface area contributed by atoms with Crippen LogP contribution in [0.25, 0.3) is 0 Å². The van der Waals surface area contributed by atoms with E-state index in [0.717, 1.165) is 5.56 Å². The average Bonchev–Trinajstić information content (AvgIpc) is 3.09. The lowest BCUT2D eigenvalue weighted by atomic mass is 9.78. The van der Waals surface area contributed by atoms with Crippen LogP contribution in [0.3, 0.4) is 0 Å².